The van der Waals surface area contributed by atoms with Crippen LogP contribution in [0, 0.1) is 0 Å². The van der Waals surface area contributed by atoms with Gasteiger partial charge < -0.3 is 21.1 Å². The van der Waals surface area contributed by atoms with Crippen molar-refractivity contribution in [2.75, 3.05) is 5.75 Å². The van der Waals surface area contributed by atoms with Gasteiger partial charge in [0.1, 0.15) is 11.5 Å². The average Bonchev–Trinajstić information content (AvgIpc) is 2.79. The SMILES string of the molecule is NC(=O)N[C@H](CC(=O)N[C@H]1CCSc2ccccc21)c1cccc(Oc2ccccc2)c1. The van der Waals surface area contributed by atoms with E-state index in [9.17, 15) is 9.59 Å². The lowest BCUT2D eigenvalue weighted by Gasteiger charge is -2.27. The molecule has 0 aromatic heterocycles. The van der Waals surface area contributed by atoms with Crippen LogP contribution in [0.3, 0.4) is 0 Å². The van der Waals surface area contributed by atoms with Gasteiger partial charge in [0, 0.05) is 10.6 Å². The van der Waals surface area contributed by atoms with E-state index >= 15 is 0 Å². The van der Waals surface area contributed by atoms with Crippen LogP contribution in [0.15, 0.2) is 83.8 Å². The van der Waals surface area contributed by atoms with Gasteiger partial charge in [-0.1, -0.05) is 48.5 Å². The lowest BCUT2D eigenvalue weighted by atomic mass is 10.0. The van der Waals surface area contributed by atoms with Gasteiger partial charge in [0.25, 0.3) is 0 Å². The second kappa shape index (κ2) is 10.2. The highest BCUT2D eigenvalue weighted by Crippen LogP contribution is 2.36. The maximum absolute atomic E-state index is 12.9. The van der Waals surface area contributed by atoms with E-state index in [4.69, 9.17) is 10.5 Å². The molecule has 0 spiro atoms. The van der Waals surface area contributed by atoms with Crippen molar-refractivity contribution in [2.45, 2.75) is 29.8 Å². The van der Waals surface area contributed by atoms with Gasteiger partial charge in [-0.05, 0) is 47.9 Å². The molecule has 32 heavy (non-hydrogen) atoms. The zero-order chi connectivity index (χ0) is 22.3. The number of hydrogen-bond donors (Lipinski definition) is 3. The Labute approximate surface area is 191 Å². The summed E-state index contributed by atoms with van der Waals surface area (Å²) in [6, 6.07) is 23.6. The monoisotopic (exact) mass is 447 g/mol. The molecule has 4 N–H and O–H groups in total. The molecule has 0 fully saturated rings. The summed E-state index contributed by atoms with van der Waals surface area (Å²) in [5, 5.41) is 5.82. The van der Waals surface area contributed by atoms with Crippen LogP contribution in [0.4, 0.5) is 4.79 Å². The van der Waals surface area contributed by atoms with Crippen LogP contribution in [-0.2, 0) is 4.79 Å². The Balaban J connectivity index is 1.48. The number of fused-ring (bicyclic) bond motifs is 1. The first kappa shape index (κ1) is 21.8. The summed E-state index contributed by atoms with van der Waals surface area (Å²) in [6.45, 7) is 0. The van der Waals surface area contributed by atoms with Gasteiger partial charge in [-0.15, -0.1) is 11.8 Å². The van der Waals surface area contributed by atoms with Crippen LogP contribution >= 0.6 is 11.8 Å². The van der Waals surface area contributed by atoms with Crippen molar-refractivity contribution in [1.29, 1.82) is 0 Å². The molecule has 0 saturated carbocycles. The molecular weight excluding hydrogens is 422 g/mol. The molecule has 1 aliphatic rings. The molecule has 0 saturated heterocycles. The van der Waals surface area contributed by atoms with E-state index in [2.05, 4.69) is 22.8 Å². The van der Waals surface area contributed by atoms with Crippen molar-refractivity contribution >= 4 is 23.7 Å². The lowest BCUT2D eigenvalue weighted by Crippen LogP contribution is -2.38. The minimum atomic E-state index is -0.684. The quantitative estimate of drug-likeness (QED) is 0.479. The largest absolute Gasteiger partial charge is 0.457 e. The van der Waals surface area contributed by atoms with E-state index in [-0.39, 0.29) is 18.4 Å². The number of thioether (sulfide) groups is 1. The van der Waals surface area contributed by atoms with E-state index in [1.165, 1.54) is 4.90 Å². The van der Waals surface area contributed by atoms with E-state index in [1.807, 2.05) is 66.7 Å². The Bertz CT molecular complexity index is 1090. The van der Waals surface area contributed by atoms with Gasteiger partial charge in [0.2, 0.25) is 5.91 Å². The summed E-state index contributed by atoms with van der Waals surface area (Å²) in [5.41, 5.74) is 7.28. The lowest BCUT2D eigenvalue weighted by molar-refractivity contribution is -0.122. The molecule has 1 aliphatic heterocycles. The Kier molecular flexibility index (Phi) is 6.97. The third-order valence-electron chi connectivity index (χ3n) is 5.24. The number of amides is 3. The Hall–Kier alpha value is -3.45. The van der Waals surface area contributed by atoms with Gasteiger partial charge in [0.05, 0.1) is 18.5 Å². The summed E-state index contributed by atoms with van der Waals surface area (Å²) >= 11 is 1.80. The number of urea groups is 1. The Morgan fingerprint density at radius 1 is 1.00 bits per heavy atom. The summed E-state index contributed by atoms with van der Waals surface area (Å²) in [5.74, 6) is 2.12. The van der Waals surface area contributed by atoms with Crippen molar-refractivity contribution in [1.82, 2.24) is 10.6 Å². The highest BCUT2D eigenvalue weighted by Gasteiger charge is 2.24. The number of carbonyl (C=O) groups is 2. The molecule has 1 heterocycles. The van der Waals surface area contributed by atoms with E-state index in [0.717, 1.165) is 23.3 Å². The number of nitrogens with two attached hydrogens (primary N) is 1. The second-order valence-electron chi connectivity index (χ2n) is 7.55. The third kappa shape index (κ3) is 5.62. The molecule has 3 aromatic rings. The maximum Gasteiger partial charge on any atom is 0.312 e. The number of nitrogens with one attached hydrogen (secondary N) is 2. The normalized spacial score (nSPS) is 15.8. The molecule has 0 aliphatic carbocycles. The molecule has 164 valence electrons. The first-order chi connectivity index (χ1) is 15.6. The van der Waals surface area contributed by atoms with Crippen LogP contribution in [0.25, 0.3) is 0 Å². The number of carbonyl (C=O) groups excluding carboxylic acids is 2. The number of primary amides is 1. The number of benzene rings is 3. The molecule has 0 unspecified atom stereocenters. The smallest absolute Gasteiger partial charge is 0.312 e. The van der Waals surface area contributed by atoms with Crippen LogP contribution in [0.2, 0.25) is 0 Å². The zero-order valence-electron chi connectivity index (χ0n) is 17.5. The van der Waals surface area contributed by atoms with Crippen molar-refractivity contribution in [3.63, 3.8) is 0 Å². The molecule has 0 bridgehead atoms. The molecule has 3 amide bonds. The van der Waals surface area contributed by atoms with Crippen molar-refractivity contribution < 1.29 is 14.3 Å². The average molecular weight is 448 g/mol. The van der Waals surface area contributed by atoms with Crippen molar-refractivity contribution in [2.24, 2.45) is 5.73 Å². The number of para-hydroxylation sites is 1. The highest BCUT2D eigenvalue weighted by atomic mass is 32.2. The van der Waals surface area contributed by atoms with Crippen LogP contribution in [0.5, 0.6) is 11.5 Å². The molecule has 6 nitrogen and oxygen atoms in total. The minimum Gasteiger partial charge on any atom is -0.457 e. The van der Waals surface area contributed by atoms with Gasteiger partial charge in [-0.2, -0.15) is 0 Å². The second-order valence-corrected chi connectivity index (χ2v) is 8.68. The predicted molar refractivity (Wildman–Crippen MR) is 126 cm³/mol. The summed E-state index contributed by atoms with van der Waals surface area (Å²) < 4.78 is 5.89. The fraction of sp³-hybridized carbons (Fsp3) is 0.200. The number of hydrogen-bond acceptors (Lipinski definition) is 4. The number of rotatable bonds is 7. The first-order valence-electron chi connectivity index (χ1n) is 10.5. The van der Waals surface area contributed by atoms with Gasteiger partial charge in [0.15, 0.2) is 0 Å². The molecule has 0 radical (unpaired) electrons. The van der Waals surface area contributed by atoms with Crippen LogP contribution in [-0.4, -0.2) is 17.7 Å². The third-order valence-corrected chi connectivity index (χ3v) is 6.36. The van der Waals surface area contributed by atoms with Gasteiger partial charge in [-0.25, -0.2) is 4.79 Å². The zero-order valence-corrected chi connectivity index (χ0v) is 18.3. The van der Waals surface area contributed by atoms with E-state index in [1.54, 1.807) is 11.8 Å². The van der Waals surface area contributed by atoms with Crippen LogP contribution < -0.4 is 21.1 Å². The van der Waals surface area contributed by atoms with Gasteiger partial charge in [-0.3, -0.25) is 4.79 Å². The molecule has 7 heteroatoms. The van der Waals surface area contributed by atoms with Gasteiger partial charge >= 0.3 is 6.03 Å². The Morgan fingerprint density at radius 3 is 2.56 bits per heavy atom. The summed E-state index contributed by atoms with van der Waals surface area (Å²) in [4.78, 5) is 25.8. The highest BCUT2D eigenvalue weighted by molar-refractivity contribution is 7.99. The van der Waals surface area contributed by atoms with E-state index in [0.29, 0.717) is 11.5 Å². The fourth-order valence-corrected chi connectivity index (χ4v) is 4.90. The first-order valence-corrected chi connectivity index (χ1v) is 11.5. The van der Waals surface area contributed by atoms with Crippen molar-refractivity contribution in [3.8, 4) is 11.5 Å². The van der Waals surface area contributed by atoms with Crippen molar-refractivity contribution in [3.05, 3.63) is 90.0 Å². The molecule has 4 rings (SSSR count). The summed E-state index contributed by atoms with van der Waals surface area (Å²) in [6.07, 6.45) is 0.936. The standard InChI is InChI=1S/C25H25N3O3S/c26-25(30)28-22(17-7-6-10-19(15-17)31-18-8-2-1-3-9-18)16-24(29)27-21-13-14-32-23-12-5-4-11-20(21)23/h1-12,15,21-22H,13-14,16H2,(H,27,29)(H3,26,28,30)/t21-,22+/m0/s1. The predicted octanol–water partition coefficient (Wildman–Crippen LogP) is 4.93. The molecule has 3 aromatic carbocycles. The molecule has 2 atom stereocenters. The maximum atomic E-state index is 12.9. The Morgan fingerprint density at radius 2 is 1.75 bits per heavy atom. The summed E-state index contributed by atoms with van der Waals surface area (Å²) in [7, 11) is 0. The minimum absolute atomic E-state index is 0.0399. The van der Waals surface area contributed by atoms with E-state index < -0.39 is 12.1 Å². The number of ether oxygens (including phenoxy) is 1. The topological polar surface area (TPSA) is 93.5 Å². The molecular formula is C25H25N3O3S. The van der Waals surface area contributed by atoms with Crippen LogP contribution in [0.1, 0.15) is 36.1 Å². The fourth-order valence-electron chi connectivity index (χ4n) is 3.77.